The number of amides is 1. The van der Waals surface area contributed by atoms with Crippen LogP contribution < -0.4 is 24.6 Å². The van der Waals surface area contributed by atoms with E-state index in [1.807, 2.05) is 35.2 Å². The number of allylic oxidation sites excluding steroid dienone is 1. The quantitative estimate of drug-likeness (QED) is 0.0574. The predicted octanol–water partition coefficient (Wildman–Crippen LogP) is 6.14. The van der Waals surface area contributed by atoms with E-state index in [1.54, 1.807) is 24.6 Å². The van der Waals surface area contributed by atoms with Gasteiger partial charge in [0.1, 0.15) is 53.5 Å². The third kappa shape index (κ3) is 10.3. The Kier molecular flexibility index (Phi) is 13.9. The number of nitro benzene ring substituents is 1. The van der Waals surface area contributed by atoms with Crippen LogP contribution in [0.25, 0.3) is 16.6 Å². The number of ether oxygens (including phenoxy) is 2. The van der Waals surface area contributed by atoms with E-state index < -0.39 is 61.3 Å². The molecule has 3 aromatic carbocycles. The number of aromatic amines is 1. The molecule has 5 unspecified atom stereocenters. The van der Waals surface area contributed by atoms with Gasteiger partial charge in [-0.25, -0.2) is 13.1 Å². The van der Waals surface area contributed by atoms with E-state index >= 15 is 0 Å². The van der Waals surface area contributed by atoms with E-state index in [0.717, 1.165) is 73.9 Å². The first-order chi connectivity index (χ1) is 33.0. The van der Waals surface area contributed by atoms with Crippen LogP contribution >= 0.6 is 23.4 Å². The van der Waals surface area contributed by atoms with Crippen LogP contribution in [0.5, 0.6) is 5.88 Å². The van der Waals surface area contributed by atoms with Gasteiger partial charge in [-0.3, -0.25) is 19.8 Å². The molecule has 0 spiro atoms. The minimum atomic E-state index is -4.70. The lowest BCUT2D eigenvalue weighted by Gasteiger charge is -2.40. The van der Waals surface area contributed by atoms with E-state index in [1.165, 1.54) is 22.8 Å². The fourth-order valence-electron chi connectivity index (χ4n) is 9.59. The number of carbonyl (C=O) groups excluding carboxylic acids is 1. The second-order valence-electron chi connectivity index (χ2n) is 18.6. The number of halogens is 1. The number of aromatic nitrogens is 2. The molecule has 2 fully saturated rings. The molecule has 1 aliphatic carbocycles. The number of H-pyrrole nitrogens is 1. The van der Waals surface area contributed by atoms with Crippen molar-refractivity contribution in [1.29, 1.82) is 0 Å². The number of fused-ring (bicyclic) bond motifs is 2. The van der Waals surface area contributed by atoms with E-state index in [-0.39, 0.29) is 29.8 Å². The maximum atomic E-state index is 14.4. The third-order valence-corrected chi connectivity index (χ3v) is 15.9. The van der Waals surface area contributed by atoms with Crippen molar-refractivity contribution in [2.75, 3.05) is 73.8 Å². The number of rotatable bonds is 13. The Morgan fingerprint density at radius 1 is 0.986 bits per heavy atom. The van der Waals surface area contributed by atoms with Gasteiger partial charge in [0.25, 0.3) is 21.6 Å². The van der Waals surface area contributed by atoms with Crippen molar-refractivity contribution in [1.82, 2.24) is 19.6 Å². The average molecular weight is 1000 g/mol. The molecule has 0 radical (unpaired) electrons. The number of piperazine rings is 1. The second kappa shape index (κ2) is 19.7. The van der Waals surface area contributed by atoms with Crippen LogP contribution in [0, 0.1) is 15.5 Å². The number of pyridine rings is 1. The smallest absolute Gasteiger partial charge is 0.293 e. The molecule has 1 amide bonds. The van der Waals surface area contributed by atoms with Gasteiger partial charge in [0.05, 0.1) is 27.6 Å². The number of benzene rings is 3. The fraction of sp³-hybridized carbons (Fsp3) is 0.417. The number of sulfonamides is 1. The number of nitrogens with zero attached hydrogens (tertiary/aromatic N) is 5. The topological polar surface area (TPSA) is 236 Å². The molecule has 21 heteroatoms. The lowest BCUT2D eigenvalue weighted by molar-refractivity contribution is -0.384. The Balaban J connectivity index is 0.963. The summed E-state index contributed by atoms with van der Waals surface area (Å²) in [6.07, 6.45) is 1.10. The van der Waals surface area contributed by atoms with Crippen LogP contribution in [0.1, 0.15) is 49.0 Å². The number of aliphatic hydroxyl groups excluding tert-OH is 3. The molecule has 69 heavy (non-hydrogen) atoms. The van der Waals surface area contributed by atoms with Crippen molar-refractivity contribution >= 4 is 84.3 Å². The van der Waals surface area contributed by atoms with Gasteiger partial charge in [0.15, 0.2) is 0 Å². The van der Waals surface area contributed by atoms with Crippen LogP contribution in [-0.2, 0) is 14.8 Å². The number of hydrogen-bond acceptors (Lipinski definition) is 16. The summed E-state index contributed by atoms with van der Waals surface area (Å²) in [6, 6.07) is 20.3. The summed E-state index contributed by atoms with van der Waals surface area (Å²) in [7, 11) is -4.70. The number of nitrogens with one attached hydrogen (secondary N) is 3. The van der Waals surface area contributed by atoms with Crippen molar-refractivity contribution in [3.8, 4) is 5.88 Å². The van der Waals surface area contributed by atoms with Gasteiger partial charge < -0.3 is 44.9 Å². The van der Waals surface area contributed by atoms with Gasteiger partial charge in [-0.15, -0.1) is 11.8 Å². The standard InChI is InChI=1S/C48H55ClN8O10S2/c1-48(2)14-12-30(35(25-48)28-4-6-31(49)7-5-28)27-54-16-18-55(19-17-54)32-8-10-34(37(23-32)56-20-21-66-46-39(56)22-29-13-15-50-44(29)52-46)45(61)53-69(64,65)33-9-11-36(38(24-33)57(62)63)51-26-40-41(58)42(59)43(60)47(67-40)68-3/h4-11,13,15,22-24,40-43,47,51,58-60H,12,14,16-21,25-27H2,1-3H3,(H,50,52)(H,53,61). The summed E-state index contributed by atoms with van der Waals surface area (Å²) < 4.78 is 41.8. The highest BCUT2D eigenvalue weighted by atomic mass is 35.5. The summed E-state index contributed by atoms with van der Waals surface area (Å²) in [5, 5.41) is 47.7. The Bertz CT molecular complexity index is 2890. The first kappa shape index (κ1) is 48.6. The van der Waals surface area contributed by atoms with Crippen molar-refractivity contribution in [3.63, 3.8) is 0 Å². The molecule has 3 aliphatic heterocycles. The highest BCUT2D eigenvalue weighted by Gasteiger charge is 2.43. The summed E-state index contributed by atoms with van der Waals surface area (Å²) in [5.74, 6) is -0.612. The zero-order valence-electron chi connectivity index (χ0n) is 38.3. The van der Waals surface area contributed by atoms with Gasteiger partial charge in [0.2, 0.25) is 5.88 Å². The summed E-state index contributed by atoms with van der Waals surface area (Å²) in [4.78, 5) is 39.7. The molecule has 5 aromatic rings. The van der Waals surface area contributed by atoms with Gasteiger partial charge in [0, 0.05) is 67.6 Å². The van der Waals surface area contributed by atoms with Crippen LogP contribution in [0.3, 0.4) is 0 Å². The molecule has 4 aliphatic rings. The van der Waals surface area contributed by atoms with Gasteiger partial charge in [-0.1, -0.05) is 43.2 Å². The number of carbonyl (C=O) groups is 1. The fourth-order valence-corrected chi connectivity index (χ4v) is 11.4. The van der Waals surface area contributed by atoms with Crippen molar-refractivity contribution < 1.29 is 42.9 Å². The van der Waals surface area contributed by atoms with Gasteiger partial charge in [-0.05, 0) is 96.7 Å². The molecule has 0 bridgehead atoms. The van der Waals surface area contributed by atoms with Crippen molar-refractivity contribution in [2.24, 2.45) is 5.41 Å². The first-order valence-electron chi connectivity index (χ1n) is 22.8. The van der Waals surface area contributed by atoms with Crippen LogP contribution in [0.2, 0.25) is 5.02 Å². The second-order valence-corrected chi connectivity index (χ2v) is 21.7. The monoisotopic (exact) mass is 1000 g/mol. The molecule has 2 saturated heterocycles. The molecule has 5 heterocycles. The van der Waals surface area contributed by atoms with E-state index in [9.17, 15) is 38.6 Å². The maximum absolute atomic E-state index is 14.4. The Hall–Kier alpha value is -5.45. The molecule has 9 rings (SSSR count). The Labute approximate surface area is 408 Å². The maximum Gasteiger partial charge on any atom is 0.293 e. The third-order valence-electron chi connectivity index (χ3n) is 13.5. The van der Waals surface area contributed by atoms with Crippen molar-refractivity contribution in [3.05, 3.63) is 111 Å². The summed E-state index contributed by atoms with van der Waals surface area (Å²) in [5.41, 5.74) is 5.19. The van der Waals surface area contributed by atoms with Crippen LogP contribution in [-0.4, -0.2) is 138 Å². The molecule has 2 aromatic heterocycles. The largest absolute Gasteiger partial charge is 0.474 e. The highest BCUT2D eigenvalue weighted by Crippen LogP contribution is 2.44. The van der Waals surface area contributed by atoms with Gasteiger partial charge >= 0.3 is 0 Å². The molecular formula is C48H55ClN8O10S2. The number of aliphatic hydroxyl groups is 3. The Morgan fingerprint density at radius 3 is 2.49 bits per heavy atom. The summed E-state index contributed by atoms with van der Waals surface area (Å²) >= 11 is 7.38. The zero-order valence-corrected chi connectivity index (χ0v) is 40.7. The highest BCUT2D eigenvalue weighted by molar-refractivity contribution is 7.99. The summed E-state index contributed by atoms with van der Waals surface area (Å²) in [6.45, 7) is 8.86. The van der Waals surface area contributed by atoms with E-state index in [4.69, 9.17) is 21.1 Å². The number of hydrogen-bond donors (Lipinski definition) is 6. The SMILES string of the molecule is CSC1OC(CNc2ccc(S(=O)(=O)NC(=O)c3ccc(N4CCN(CC5=C(c6ccc(Cl)cc6)CC(C)(C)CC5)CC4)cc3N3CCOc4nc5[nH]ccc5cc43)cc2[N+](=O)[O-])C(O)C(O)C1O. The molecule has 6 N–H and O–H groups in total. The lowest BCUT2D eigenvalue weighted by atomic mass is 9.72. The predicted molar refractivity (Wildman–Crippen MR) is 266 cm³/mol. The minimum absolute atomic E-state index is 0.0412. The first-order valence-corrected chi connectivity index (χ1v) is 25.9. The zero-order chi connectivity index (χ0) is 48.8. The Morgan fingerprint density at radius 2 is 1.75 bits per heavy atom. The lowest BCUT2D eigenvalue weighted by Crippen LogP contribution is -2.58. The average Bonchev–Trinajstić information content (AvgIpc) is 3.80. The van der Waals surface area contributed by atoms with E-state index in [2.05, 4.69) is 55.8 Å². The van der Waals surface area contributed by atoms with Gasteiger partial charge in [-0.2, -0.15) is 4.98 Å². The van der Waals surface area contributed by atoms with E-state index in [0.29, 0.717) is 47.6 Å². The minimum Gasteiger partial charge on any atom is -0.474 e. The van der Waals surface area contributed by atoms with Crippen molar-refractivity contribution in [2.45, 2.75) is 67.9 Å². The molecule has 5 atom stereocenters. The van der Waals surface area contributed by atoms with Crippen LogP contribution in [0.4, 0.5) is 28.4 Å². The van der Waals surface area contributed by atoms with Crippen LogP contribution in [0.15, 0.2) is 89.5 Å². The number of anilines is 4. The molecule has 366 valence electrons. The molecule has 0 saturated carbocycles. The normalized spacial score (nSPS) is 23.1. The number of thioether (sulfide) groups is 1. The molecular weight excluding hydrogens is 948 g/mol. The molecule has 18 nitrogen and oxygen atoms in total. The number of nitro groups is 1.